The number of hydrogen-bond donors (Lipinski definition) is 3. The van der Waals surface area contributed by atoms with Crippen LogP contribution < -0.4 is 10.6 Å². The fraction of sp³-hybridized carbons (Fsp3) is 0.273. The standard InChI is InChI=1S/C11H15N5/c1-12-10-14-11(16-15-10)13-8-7-9-5-3-2-4-6-9/h2-6H,7-8H2,1H3,(H3,12,13,14,15,16). The number of H-pyrrole nitrogens is 1. The van der Waals surface area contributed by atoms with Crippen LogP contribution in [0.15, 0.2) is 30.3 Å². The van der Waals surface area contributed by atoms with Crippen LogP contribution in [-0.4, -0.2) is 28.8 Å². The summed E-state index contributed by atoms with van der Waals surface area (Å²) in [6.07, 6.45) is 0.969. The van der Waals surface area contributed by atoms with Crippen LogP contribution in [0.4, 0.5) is 11.9 Å². The Morgan fingerprint density at radius 3 is 2.56 bits per heavy atom. The van der Waals surface area contributed by atoms with E-state index in [1.54, 1.807) is 7.05 Å². The van der Waals surface area contributed by atoms with Gasteiger partial charge in [-0.1, -0.05) is 30.3 Å². The predicted octanol–water partition coefficient (Wildman–Crippen LogP) is 1.50. The molecule has 1 heterocycles. The maximum absolute atomic E-state index is 3.94. The summed E-state index contributed by atoms with van der Waals surface area (Å²) in [5.74, 6) is 1.36. The summed E-state index contributed by atoms with van der Waals surface area (Å²) in [5.41, 5.74) is 1.31. The summed E-state index contributed by atoms with van der Waals surface area (Å²) in [6, 6.07) is 10.3. The molecule has 84 valence electrons. The second-order valence-corrected chi connectivity index (χ2v) is 3.43. The van der Waals surface area contributed by atoms with Gasteiger partial charge in [-0.3, -0.25) is 4.98 Å². The Kier molecular flexibility index (Phi) is 3.38. The second-order valence-electron chi connectivity index (χ2n) is 3.43. The fourth-order valence-corrected chi connectivity index (χ4v) is 1.42. The minimum absolute atomic E-state index is 0.669. The SMILES string of the molecule is CNc1nnc(NCCc2ccccc2)[nH]1. The lowest BCUT2D eigenvalue weighted by Gasteiger charge is -2.02. The second kappa shape index (κ2) is 5.16. The summed E-state index contributed by atoms with van der Waals surface area (Å²) < 4.78 is 0. The van der Waals surface area contributed by atoms with Gasteiger partial charge < -0.3 is 10.6 Å². The summed E-state index contributed by atoms with van der Waals surface area (Å²) in [5, 5.41) is 13.9. The average Bonchev–Trinajstić information content (AvgIpc) is 2.78. The van der Waals surface area contributed by atoms with Crippen molar-refractivity contribution in [2.75, 3.05) is 24.2 Å². The van der Waals surface area contributed by atoms with E-state index < -0.39 is 0 Å². The zero-order chi connectivity index (χ0) is 11.2. The van der Waals surface area contributed by atoms with Crippen molar-refractivity contribution in [3.05, 3.63) is 35.9 Å². The van der Waals surface area contributed by atoms with Gasteiger partial charge in [0.05, 0.1) is 0 Å². The van der Waals surface area contributed by atoms with Gasteiger partial charge >= 0.3 is 0 Å². The molecule has 0 aliphatic rings. The zero-order valence-electron chi connectivity index (χ0n) is 9.20. The van der Waals surface area contributed by atoms with Crippen molar-refractivity contribution in [2.24, 2.45) is 0 Å². The molecule has 0 bridgehead atoms. The molecule has 0 saturated heterocycles. The molecule has 1 aromatic heterocycles. The van der Waals surface area contributed by atoms with Gasteiger partial charge in [0, 0.05) is 13.6 Å². The summed E-state index contributed by atoms with van der Waals surface area (Å²) in [7, 11) is 1.80. The van der Waals surface area contributed by atoms with E-state index >= 15 is 0 Å². The van der Waals surface area contributed by atoms with E-state index in [4.69, 9.17) is 0 Å². The van der Waals surface area contributed by atoms with E-state index in [1.165, 1.54) is 5.56 Å². The molecule has 5 heteroatoms. The van der Waals surface area contributed by atoms with Gasteiger partial charge in [0.2, 0.25) is 11.9 Å². The molecule has 0 radical (unpaired) electrons. The maximum atomic E-state index is 3.94. The lowest BCUT2D eigenvalue weighted by Crippen LogP contribution is -2.06. The van der Waals surface area contributed by atoms with Crippen LogP contribution in [0.25, 0.3) is 0 Å². The van der Waals surface area contributed by atoms with Crippen LogP contribution >= 0.6 is 0 Å². The number of hydrogen-bond acceptors (Lipinski definition) is 4. The molecule has 0 fully saturated rings. The number of nitrogens with zero attached hydrogens (tertiary/aromatic N) is 2. The molecule has 0 spiro atoms. The smallest absolute Gasteiger partial charge is 0.223 e. The van der Waals surface area contributed by atoms with E-state index in [2.05, 4.69) is 37.9 Å². The van der Waals surface area contributed by atoms with Gasteiger partial charge in [0.1, 0.15) is 0 Å². The van der Waals surface area contributed by atoms with E-state index in [1.807, 2.05) is 18.2 Å². The Morgan fingerprint density at radius 1 is 1.12 bits per heavy atom. The van der Waals surface area contributed by atoms with Crippen LogP contribution in [0.1, 0.15) is 5.56 Å². The fourth-order valence-electron chi connectivity index (χ4n) is 1.42. The number of rotatable bonds is 5. The molecule has 1 aromatic carbocycles. The van der Waals surface area contributed by atoms with Crippen molar-refractivity contribution in [3.63, 3.8) is 0 Å². The molecule has 0 amide bonds. The number of benzene rings is 1. The minimum atomic E-state index is 0.669. The zero-order valence-corrected chi connectivity index (χ0v) is 9.20. The molecule has 5 nitrogen and oxygen atoms in total. The van der Waals surface area contributed by atoms with Gasteiger partial charge in [-0.2, -0.15) is 0 Å². The highest BCUT2D eigenvalue weighted by Crippen LogP contribution is 2.03. The Labute approximate surface area is 94.3 Å². The molecule has 0 saturated carbocycles. The summed E-state index contributed by atoms with van der Waals surface area (Å²) in [6.45, 7) is 0.836. The average molecular weight is 217 g/mol. The molecule has 0 aliphatic heterocycles. The van der Waals surface area contributed by atoms with Crippen LogP contribution in [0.2, 0.25) is 0 Å². The molecule has 3 N–H and O–H groups in total. The molecule has 2 aromatic rings. The highest BCUT2D eigenvalue weighted by molar-refractivity contribution is 5.33. The van der Waals surface area contributed by atoms with Gasteiger partial charge in [-0.15, -0.1) is 10.2 Å². The third-order valence-corrected chi connectivity index (χ3v) is 2.27. The third kappa shape index (κ3) is 2.73. The molecule has 0 aliphatic carbocycles. The lowest BCUT2D eigenvalue weighted by molar-refractivity contribution is 0.984. The monoisotopic (exact) mass is 217 g/mol. The van der Waals surface area contributed by atoms with Gasteiger partial charge in [-0.05, 0) is 12.0 Å². The van der Waals surface area contributed by atoms with Gasteiger partial charge in [0.15, 0.2) is 0 Å². The first-order valence-corrected chi connectivity index (χ1v) is 5.27. The first-order valence-electron chi connectivity index (χ1n) is 5.27. The van der Waals surface area contributed by atoms with Crippen molar-refractivity contribution in [2.45, 2.75) is 6.42 Å². The Morgan fingerprint density at radius 2 is 1.88 bits per heavy atom. The van der Waals surface area contributed by atoms with Gasteiger partial charge in [-0.25, -0.2) is 0 Å². The van der Waals surface area contributed by atoms with Crippen molar-refractivity contribution < 1.29 is 0 Å². The molecular weight excluding hydrogens is 202 g/mol. The van der Waals surface area contributed by atoms with Crippen LogP contribution in [0, 0.1) is 0 Å². The van der Waals surface area contributed by atoms with Crippen LogP contribution in [0.3, 0.4) is 0 Å². The van der Waals surface area contributed by atoms with Gasteiger partial charge in [0.25, 0.3) is 0 Å². The molecule has 2 rings (SSSR count). The molecule has 0 unspecified atom stereocenters. The van der Waals surface area contributed by atoms with E-state index in [0.29, 0.717) is 11.9 Å². The third-order valence-electron chi connectivity index (χ3n) is 2.27. The lowest BCUT2D eigenvalue weighted by atomic mass is 10.1. The van der Waals surface area contributed by atoms with E-state index in [-0.39, 0.29) is 0 Å². The number of anilines is 2. The van der Waals surface area contributed by atoms with E-state index in [0.717, 1.165) is 13.0 Å². The summed E-state index contributed by atoms with van der Waals surface area (Å²) >= 11 is 0. The predicted molar refractivity (Wildman–Crippen MR) is 64.6 cm³/mol. The van der Waals surface area contributed by atoms with Crippen molar-refractivity contribution >= 4 is 11.9 Å². The topological polar surface area (TPSA) is 65.6 Å². The molecule has 0 atom stereocenters. The normalized spacial score (nSPS) is 10.1. The number of aromatic amines is 1. The van der Waals surface area contributed by atoms with Crippen molar-refractivity contribution in [3.8, 4) is 0 Å². The van der Waals surface area contributed by atoms with Crippen LogP contribution in [-0.2, 0) is 6.42 Å². The van der Waals surface area contributed by atoms with Crippen molar-refractivity contribution in [1.82, 2.24) is 15.2 Å². The quantitative estimate of drug-likeness (QED) is 0.710. The van der Waals surface area contributed by atoms with Crippen molar-refractivity contribution in [1.29, 1.82) is 0 Å². The molecular formula is C11H15N5. The summed E-state index contributed by atoms with van der Waals surface area (Å²) in [4.78, 5) is 3.00. The Balaban J connectivity index is 1.80. The van der Waals surface area contributed by atoms with Crippen LogP contribution in [0.5, 0.6) is 0 Å². The largest absolute Gasteiger partial charge is 0.358 e. The first-order chi connectivity index (χ1) is 7.88. The Hall–Kier alpha value is -2.04. The van der Waals surface area contributed by atoms with E-state index in [9.17, 15) is 0 Å². The highest BCUT2D eigenvalue weighted by Gasteiger charge is 1.99. The highest BCUT2D eigenvalue weighted by atomic mass is 15.3. The number of aromatic nitrogens is 3. The number of nitrogens with one attached hydrogen (secondary N) is 3. The first kappa shape index (κ1) is 10.5. The molecule has 16 heavy (non-hydrogen) atoms. The Bertz CT molecular complexity index is 423. The maximum Gasteiger partial charge on any atom is 0.223 e. The minimum Gasteiger partial charge on any atom is -0.358 e.